The predicted octanol–water partition coefficient (Wildman–Crippen LogP) is 6.58. The van der Waals surface area contributed by atoms with Crippen molar-refractivity contribution >= 4 is 5.97 Å². The van der Waals surface area contributed by atoms with Crippen molar-refractivity contribution in [2.45, 2.75) is 110 Å². The Morgan fingerprint density at radius 3 is 2.09 bits per heavy atom. The molecule has 0 bridgehead atoms. The Bertz CT molecular complexity index is 374. The Kier molecular flexibility index (Phi) is 8.85. The SMILES string of the molecule is [2H]C(CCCC[C@H]1CCC[C@@H]1CCCCCCCC)C([2H])([2H])C(=O)O. The van der Waals surface area contributed by atoms with Crippen LogP contribution in [0.15, 0.2) is 0 Å². The molecule has 0 spiro atoms. The predicted molar refractivity (Wildman–Crippen MR) is 94.2 cm³/mol. The van der Waals surface area contributed by atoms with Crippen molar-refractivity contribution in [2.24, 2.45) is 11.8 Å². The van der Waals surface area contributed by atoms with Crippen molar-refractivity contribution in [1.29, 1.82) is 0 Å². The van der Waals surface area contributed by atoms with Gasteiger partial charge in [0.15, 0.2) is 0 Å². The molecule has 1 aliphatic carbocycles. The third-order valence-corrected chi connectivity index (χ3v) is 5.14. The normalized spacial score (nSPS) is 25.4. The van der Waals surface area contributed by atoms with Gasteiger partial charge in [-0.1, -0.05) is 96.8 Å². The Morgan fingerprint density at radius 2 is 1.50 bits per heavy atom. The van der Waals surface area contributed by atoms with Crippen molar-refractivity contribution in [2.75, 3.05) is 0 Å². The van der Waals surface area contributed by atoms with Crippen LogP contribution in [-0.2, 0) is 4.79 Å². The zero-order valence-corrected chi connectivity index (χ0v) is 14.5. The number of carbonyl (C=O) groups is 1. The number of unbranched alkanes of at least 4 members (excludes halogenated alkanes) is 6. The average molecular weight is 314 g/mol. The molecule has 0 aromatic carbocycles. The van der Waals surface area contributed by atoms with Gasteiger partial charge in [0, 0.05) is 10.5 Å². The van der Waals surface area contributed by atoms with E-state index in [-0.39, 0.29) is 0 Å². The number of hydrogen-bond donors (Lipinski definition) is 1. The van der Waals surface area contributed by atoms with Gasteiger partial charge >= 0.3 is 5.97 Å². The molecule has 1 rings (SSSR count). The Balaban J connectivity index is 2.15. The van der Waals surface area contributed by atoms with Gasteiger partial charge in [0.05, 0.1) is 0 Å². The van der Waals surface area contributed by atoms with Crippen molar-refractivity contribution in [1.82, 2.24) is 0 Å². The summed E-state index contributed by atoms with van der Waals surface area (Å²) in [5, 5.41) is 8.83. The van der Waals surface area contributed by atoms with Crippen LogP contribution in [0.3, 0.4) is 0 Å². The number of hydrogen-bond acceptors (Lipinski definition) is 1. The Morgan fingerprint density at radius 1 is 0.955 bits per heavy atom. The lowest BCUT2D eigenvalue weighted by Gasteiger charge is -2.19. The van der Waals surface area contributed by atoms with E-state index in [2.05, 4.69) is 6.92 Å². The molecule has 1 fully saturated rings. The van der Waals surface area contributed by atoms with E-state index in [1.54, 1.807) is 0 Å². The second-order valence-corrected chi connectivity index (χ2v) is 6.95. The lowest BCUT2D eigenvalue weighted by atomic mass is 9.86. The number of carboxylic acids is 1. The summed E-state index contributed by atoms with van der Waals surface area (Å²) < 4.78 is 22.6. The van der Waals surface area contributed by atoms with Gasteiger partial charge in [-0.3, -0.25) is 4.79 Å². The molecular weight excluding hydrogens is 272 g/mol. The van der Waals surface area contributed by atoms with Crippen LogP contribution < -0.4 is 0 Å². The van der Waals surface area contributed by atoms with Gasteiger partial charge in [-0.2, -0.15) is 0 Å². The van der Waals surface area contributed by atoms with Crippen LogP contribution in [0.1, 0.15) is 114 Å². The highest BCUT2D eigenvalue weighted by atomic mass is 16.4. The fraction of sp³-hybridized carbons (Fsp3) is 0.950. The Labute approximate surface area is 142 Å². The summed E-state index contributed by atoms with van der Waals surface area (Å²) in [7, 11) is 0. The maximum Gasteiger partial charge on any atom is 0.303 e. The topological polar surface area (TPSA) is 37.3 Å². The number of rotatable bonds is 14. The first kappa shape index (κ1) is 15.0. The van der Waals surface area contributed by atoms with Gasteiger partial charge in [0.1, 0.15) is 0 Å². The monoisotopic (exact) mass is 313 g/mol. The molecule has 2 nitrogen and oxygen atoms in total. The second-order valence-electron chi connectivity index (χ2n) is 6.95. The van der Waals surface area contributed by atoms with Gasteiger partial charge in [0.25, 0.3) is 0 Å². The molecule has 1 N–H and O–H groups in total. The highest BCUT2D eigenvalue weighted by Crippen LogP contribution is 2.38. The molecule has 22 heavy (non-hydrogen) atoms. The molecule has 2 heteroatoms. The molecule has 1 unspecified atom stereocenters. The molecule has 1 saturated carbocycles. The average Bonchev–Trinajstić information content (AvgIpc) is 3.01. The van der Waals surface area contributed by atoms with E-state index in [1.807, 2.05) is 0 Å². The minimum Gasteiger partial charge on any atom is -0.481 e. The smallest absolute Gasteiger partial charge is 0.303 e. The maximum atomic E-state index is 10.8. The molecule has 0 saturated heterocycles. The van der Waals surface area contributed by atoms with Crippen molar-refractivity contribution in [3.8, 4) is 0 Å². The minimum atomic E-state index is -2.42. The summed E-state index contributed by atoms with van der Waals surface area (Å²) in [5.41, 5.74) is 0. The van der Waals surface area contributed by atoms with Crippen LogP contribution in [0.5, 0.6) is 0 Å². The van der Waals surface area contributed by atoms with E-state index in [4.69, 9.17) is 9.22 Å². The highest BCUT2D eigenvalue weighted by molar-refractivity contribution is 5.66. The third-order valence-electron chi connectivity index (χ3n) is 5.14. The van der Waals surface area contributed by atoms with Crippen LogP contribution in [0.4, 0.5) is 0 Å². The number of aliphatic carboxylic acids is 1. The molecule has 0 aromatic heterocycles. The minimum absolute atomic E-state index is 0.341. The highest BCUT2D eigenvalue weighted by Gasteiger charge is 2.25. The second kappa shape index (κ2) is 13.0. The molecule has 0 heterocycles. The Hall–Kier alpha value is -0.530. The fourth-order valence-corrected chi connectivity index (χ4v) is 3.87. The van der Waals surface area contributed by atoms with Gasteiger partial charge in [-0.05, 0) is 18.2 Å². The first-order valence-corrected chi connectivity index (χ1v) is 9.55. The van der Waals surface area contributed by atoms with Crippen LogP contribution in [0.2, 0.25) is 0 Å². The third kappa shape index (κ3) is 9.48. The van der Waals surface area contributed by atoms with E-state index in [0.29, 0.717) is 6.42 Å². The van der Waals surface area contributed by atoms with Crippen molar-refractivity contribution < 1.29 is 14.0 Å². The summed E-state index contributed by atoms with van der Waals surface area (Å²) in [6, 6.07) is 0. The van der Waals surface area contributed by atoms with E-state index < -0.39 is 18.7 Å². The lowest BCUT2D eigenvalue weighted by Crippen LogP contribution is -2.08. The van der Waals surface area contributed by atoms with Crippen LogP contribution in [0.25, 0.3) is 0 Å². The molecule has 0 aromatic rings. The summed E-state index contributed by atoms with van der Waals surface area (Å²) >= 11 is 0. The molecule has 3 atom stereocenters. The van der Waals surface area contributed by atoms with Gasteiger partial charge in [-0.25, -0.2) is 0 Å². The van der Waals surface area contributed by atoms with Crippen LogP contribution in [-0.4, -0.2) is 11.1 Å². The first-order chi connectivity index (χ1) is 11.9. The molecule has 0 aliphatic heterocycles. The van der Waals surface area contributed by atoms with Gasteiger partial charge in [-0.15, -0.1) is 0 Å². The quantitative estimate of drug-likeness (QED) is 0.368. The van der Waals surface area contributed by atoms with Crippen LogP contribution >= 0.6 is 0 Å². The van der Waals surface area contributed by atoms with Gasteiger partial charge < -0.3 is 5.11 Å². The molecule has 130 valence electrons. The fourth-order valence-electron chi connectivity index (χ4n) is 3.87. The summed E-state index contributed by atoms with van der Waals surface area (Å²) in [6.45, 7) is 2.25. The van der Waals surface area contributed by atoms with E-state index >= 15 is 0 Å². The van der Waals surface area contributed by atoms with Crippen molar-refractivity contribution in [3.63, 3.8) is 0 Å². The standard InChI is InChI=1S/C20H38O2/c1-2-3-4-5-6-9-13-18-15-12-16-19(18)14-10-7-8-11-17-20(21)22/h18-19H,2-17H2,1H3,(H,21,22)/t18-,19-/m0/s1/i11D,17D2/t11?,18-,19-. The molecule has 0 radical (unpaired) electrons. The van der Waals surface area contributed by atoms with Gasteiger partial charge in [0.2, 0.25) is 0 Å². The molecule has 0 amide bonds. The molecular formula is C20H38O2. The zero-order chi connectivity index (χ0) is 18.7. The molecule has 1 aliphatic rings. The number of carboxylic acid groups (broad SMARTS) is 1. The lowest BCUT2D eigenvalue weighted by molar-refractivity contribution is -0.137. The zero-order valence-electron chi connectivity index (χ0n) is 17.5. The summed E-state index contributed by atoms with van der Waals surface area (Å²) in [4.78, 5) is 10.8. The summed E-state index contributed by atoms with van der Waals surface area (Å²) in [5.74, 6) is 0.154. The van der Waals surface area contributed by atoms with Crippen molar-refractivity contribution in [3.05, 3.63) is 0 Å². The largest absolute Gasteiger partial charge is 0.481 e. The van der Waals surface area contributed by atoms with Crippen LogP contribution in [0, 0.1) is 11.8 Å². The summed E-state index contributed by atoms with van der Waals surface area (Å²) in [6.07, 6.45) is 13.2. The first-order valence-electron chi connectivity index (χ1n) is 11.1. The van der Waals surface area contributed by atoms with E-state index in [9.17, 15) is 4.79 Å². The maximum absolute atomic E-state index is 10.8. The van der Waals surface area contributed by atoms with E-state index in [0.717, 1.165) is 24.7 Å². The van der Waals surface area contributed by atoms with E-state index in [1.165, 1.54) is 70.6 Å².